The van der Waals surface area contributed by atoms with Crippen LogP contribution in [0.15, 0.2) is 23.2 Å². The summed E-state index contributed by atoms with van der Waals surface area (Å²) in [6.07, 6.45) is 4.90. The zero-order chi connectivity index (χ0) is 12.3. The second kappa shape index (κ2) is 5.13. The van der Waals surface area contributed by atoms with Gasteiger partial charge in [0.2, 0.25) is 5.88 Å². The largest absolute Gasteiger partial charge is 0.434 e. The third-order valence-electron chi connectivity index (χ3n) is 2.14. The Morgan fingerprint density at radius 3 is 2.94 bits per heavy atom. The van der Waals surface area contributed by atoms with Crippen LogP contribution in [0.2, 0.25) is 0 Å². The van der Waals surface area contributed by atoms with Crippen LogP contribution in [0, 0.1) is 0 Å². The van der Waals surface area contributed by atoms with Crippen molar-refractivity contribution in [2.45, 2.75) is 13.5 Å². The molecule has 0 amide bonds. The first-order valence-corrected chi connectivity index (χ1v) is 5.92. The molecular formula is C10H12BrN5O. The van der Waals surface area contributed by atoms with Crippen LogP contribution in [-0.4, -0.2) is 26.8 Å². The molecule has 0 unspecified atom stereocenters. The first kappa shape index (κ1) is 11.8. The Bertz CT molecular complexity index is 513. The maximum Gasteiger partial charge on any atom is 0.239 e. The third-order valence-corrected chi connectivity index (χ3v) is 2.86. The van der Waals surface area contributed by atoms with Gasteiger partial charge in [-0.1, -0.05) is 0 Å². The number of halogens is 1. The first-order valence-electron chi connectivity index (χ1n) is 5.13. The van der Waals surface area contributed by atoms with Gasteiger partial charge in [0, 0.05) is 13.6 Å². The standard InChI is InChI=1S/C10H12BrN5O/c1-3-16-5-7(4-15-16)17-10-8(11)9(12-2)13-6-14-10/h4-6H,3H2,1-2H3,(H,12,13,14). The van der Waals surface area contributed by atoms with Crippen LogP contribution >= 0.6 is 15.9 Å². The smallest absolute Gasteiger partial charge is 0.239 e. The average Bonchev–Trinajstić information content (AvgIpc) is 2.79. The van der Waals surface area contributed by atoms with E-state index in [0.717, 1.165) is 6.54 Å². The summed E-state index contributed by atoms with van der Waals surface area (Å²) in [5.74, 6) is 1.78. The molecule has 0 aliphatic rings. The number of aryl methyl sites for hydroxylation is 1. The highest BCUT2D eigenvalue weighted by Gasteiger charge is 2.10. The van der Waals surface area contributed by atoms with E-state index >= 15 is 0 Å². The number of aromatic nitrogens is 4. The quantitative estimate of drug-likeness (QED) is 0.938. The summed E-state index contributed by atoms with van der Waals surface area (Å²) in [6, 6.07) is 0. The van der Waals surface area contributed by atoms with Crippen molar-refractivity contribution in [3.8, 4) is 11.6 Å². The molecule has 90 valence electrons. The van der Waals surface area contributed by atoms with Crippen molar-refractivity contribution in [3.63, 3.8) is 0 Å². The lowest BCUT2D eigenvalue weighted by molar-refractivity contribution is 0.457. The van der Waals surface area contributed by atoms with E-state index in [1.807, 2.05) is 13.1 Å². The Labute approximate surface area is 107 Å². The van der Waals surface area contributed by atoms with Crippen LogP contribution in [0.1, 0.15) is 6.92 Å². The Morgan fingerprint density at radius 1 is 1.47 bits per heavy atom. The number of ether oxygens (including phenoxy) is 1. The molecule has 6 nitrogen and oxygen atoms in total. The summed E-state index contributed by atoms with van der Waals surface area (Å²) >= 11 is 3.38. The maximum absolute atomic E-state index is 5.61. The second-order valence-electron chi connectivity index (χ2n) is 3.23. The lowest BCUT2D eigenvalue weighted by Gasteiger charge is -2.06. The van der Waals surface area contributed by atoms with Crippen molar-refractivity contribution in [1.82, 2.24) is 19.7 Å². The van der Waals surface area contributed by atoms with Crippen molar-refractivity contribution in [3.05, 3.63) is 23.2 Å². The van der Waals surface area contributed by atoms with Crippen LogP contribution in [0.25, 0.3) is 0 Å². The van der Waals surface area contributed by atoms with Crippen molar-refractivity contribution in [2.24, 2.45) is 0 Å². The molecule has 2 heterocycles. The van der Waals surface area contributed by atoms with Gasteiger partial charge in [-0.15, -0.1) is 0 Å². The van der Waals surface area contributed by atoms with E-state index in [1.54, 1.807) is 17.9 Å². The predicted octanol–water partition coefficient (Wildman–Crippen LogP) is 2.29. The molecule has 0 saturated heterocycles. The molecule has 2 aromatic heterocycles. The van der Waals surface area contributed by atoms with Gasteiger partial charge in [0.1, 0.15) is 16.6 Å². The van der Waals surface area contributed by atoms with E-state index in [4.69, 9.17) is 4.74 Å². The fourth-order valence-corrected chi connectivity index (χ4v) is 1.76. The van der Waals surface area contributed by atoms with E-state index < -0.39 is 0 Å². The van der Waals surface area contributed by atoms with E-state index in [1.165, 1.54) is 6.33 Å². The summed E-state index contributed by atoms with van der Waals surface area (Å²) in [4.78, 5) is 8.11. The van der Waals surface area contributed by atoms with E-state index in [9.17, 15) is 0 Å². The fourth-order valence-electron chi connectivity index (χ4n) is 1.28. The van der Waals surface area contributed by atoms with Gasteiger partial charge in [-0.05, 0) is 22.9 Å². The van der Waals surface area contributed by atoms with Gasteiger partial charge in [0.15, 0.2) is 5.75 Å². The summed E-state index contributed by atoms with van der Waals surface area (Å²) in [6.45, 7) is 2.81. The number of nitrogens with zero attached hydrogens (tertiary/aromatic N) is 4. The highest BCUT2D eigenvalue weighted by atomic mass is 79.9. The Kier molecular flexibility index (Phi) is 3.58. The van der Waals surface area contributed by atoms with Crippen molar-refractivity contribution >= 4 is 21.7 Å². The fraction of sp³-hybridized carbons (Fsp3) is 0.300. The van der Waals surface area contributed by atoms with Gasteiger partial charge in [0.05, 0.1) is 12.4 Å². The second-order valence-corrected chi connectivity index (χ2v) is 4.02. The summed E-state index contributed by atoms with van der Waals surface area (Å²) in [5, 5.41) is 7.06. The van der Waals surface area contributed by atoms with E-state index in [0.29, 0.717) is 21.9 Å². The minimum Gasteiger partial charge on any atom is -0.434 e. The van der Waals surface area contributed by atoms with Gasteiger partial charge in [-0.2, -0.15) is 5.10 Å². The molecule has 0 aromatic carbocycles. The first-order chi connectivity index (χ1) is 8.24. The molecule has 0 fully saturated rings. The number of nitrogens with one attached hydrogen (secondary N) is 1. The van der Waals surface area contributed by atoms with Crippen LogP contribution in [-0.2, 0) is 6.54 Å². The minimum atomic E-state index is 0.458. The minimum absolute atomic E-state index is 0.458. The molecule has 0 saturated carbocycles. The normalized spacial score (nSPS) is 10.3. The van der Waals surface area contributed by atoms with Gasteiger partial charge in [-0.25, -0.2) is 9.97 Å². The number of anilines is 1. The van der Waals surface area contributed by atoms with E-state index in [-0.39, 0.29) is 0 Å². The van der Waals surface area contributed by atoms with Crippen LogP contribution in [0.5, 0.6) is 11.6 Å². The Balaban J connectivity index is 2.23. The maximum atomic E-state index is 5.61. The molecule has 1 N–H and O–H groups in total. The number of hydrogen-bond donors (Lipinski definition) is 1. The highest BCUT2D eigenvalue weighted by Crippen LogP contribution is 2.31. The van der Waals surface area contributed by atoms with E-state index in [2.05, 4.69) is 36.3 Å². The SMILES string of the molecule is CCn1cc(Oc2ncnc(NC)c2Br)cn1. The molecular weight excluding hydrogens is 286 g/mol. The summed E-state index contributed by atoms with van der Waals surface area (Å²) < 4.78 is 8.08. The van der Waals surface area contributed by atoms with Gasteiger partial charge >= 0.3 is 0 Å². The molecule has 2 rings (SSSR count). The predicted molar refractivity (Wildman–Crippen MR) is 67.3 cm³/mol. The molecule has 7 heteroatoms. The molecule has 0 aliphatic carbocycles. The molecule has 17 heavy (non-hydrogen) atoms. The summed E-state index contributed by atoms with van der Waals surface area (Å²) in [7, 11) is 1.78. The molecule has 0 aliphatic heterocycles. The molecule has 2 aromatic rings. The monoisotopic (exact) mass is 297 g/mol. The third kappa shape index (κ3) is 2.55. The average molecular weight is 298 g/mol. The lowest BCUT2D eigenvalue weighted by Crippen LogP contribution is -1.97. The number of rotatable bonds is 4. The van der Waals surface area contributed by atoms with Gasteiger partial charge in [0.25, 0.3) is 0 Å². The van der Waals surface area contributed by atoms with Gasteiger partial charge < -0.3 is 10.1 Å². The zero-order valence-electron chi connectivity index (χ0n) is 9.51. The Hall–Kier alpha value is -1.63. The van der Waals surface area contributed by atoms with Crippen LogP contribution in [0.4, 0.5) is 5.82 Å². The lowest BCUT2D eigenvalue weighted by atomic mass is 10.5. The van der Waals surface area contributed by atoms with Crippen molar-refractivity contribution < 1.29 is 4.74 Å². The highest BCUT2D eigenvalue weighted by molar-refractivity contribution is 9.10. The Morgan fingerprint density at radius 2 is 2.29 bits per heavy atom. The van der Waals surface area contributed by atoms with Crippen molar-refractivity contribution in [1.29, 1.82) is 0 Å². The molecule has 0 bridgehead atoms. The van der Waals surface area contributed by atoms with Crippen molar-refractivity contribution in [2.75, 3.05) is 12.4 Å². The van der Waals surface area contributed by atoms with Crippen LogP contribution < -0.4 is 10.1 Å². The number of hydrogen-bond acceptors (Lipinski definition) is 5. The molecule has 0 spiro atoms. The van der Waals surface area contributed by atoms with Crippen LogP contribution in [0.3, 0.4) is 0 Å². The molecule has 0 radical (unpaired) electrons. The summed E-state index contributed by atoms with van der Waals surface area (Å²) in [5.41, 5.74) is 0. The molecule has 0 atom stereocenters. The van der Waals surface area contributed by atoms with Gasteiger partial charge in [-0.3, -0.25) is 4.68 Å². The zero-order valence-corrected chi connectivity index (χ0v) is 11.1. The topological polar surface area (TPSA) is 64.9 Å².